The van der Waals surface area contributed by atoms with Gasteiger partial charge in [0.1, 0.15) is 5.82 Å². The number of fused-ring (bicyclic) bond motifs is 1. The maximum absolute atomic E-state index is 12.4. The van der Waals surface area contributed by atoms with E-state index in [0.717, 1.165) is 11.3 Å². The molecule has 0 radical (unpaired) electrons. The van der Waals surface area contributed by atoms with E-state index in [4.69, 9.17) is 11.6 Å². The van der Waals surface area contributed by atoms with E-state index in [1.807, 2.05) is 19.1 Å². The molecule has 22 heavy (non-hydrogen) atoms. The molecule has 1 atom stereocenters. The molecule has 1 aliphatic rings. The average molecular weight is 336 g/mol. The number of hydrogen-bond acceptors (Lipinski definition) is 4. The van der Waals surface area contributed by atoms with Crippen LogP contribution in [0.1, 0.15) is 30.4 Å². The van der Waals surface area contributed by atoms with Crippen molar-refractivity contribution in [1.29, 1.82) is 0 Å². The molecular weight excluding hydrogens is 322 g/mol. The van der Waals surface area contributed by atoms with Crippen molar-refractivity contribution in [3.63, 3.8) is 0 Å². The fraction of sp³-hybridized carbons (Fsp3) is 0.267. The second kappa shape index (κ2) is 6.14. The van der Waals surface area contributed by atoms with Crippen LogP contribution in [0, 0.1) is 0 Å². The Labute approximate surface area is 136 Å². The molecule has 2 heterocycles. The summed E-state index contributed by atoms with van der Waals surface area (Å²) in [5.74, 6) is 0.697. The van der Waals surface area contributed by atoms with Gasteiger partial charge in [0.2, 0.25) is 5.91 Å². The molecular formula is C15H14ClN3O2S. The Morgan fingerprint density at radius 2 is 2.05 bits per heavy atom. The van der Waals surface area contributed by atoms with Crippen LogP contribution in [0.25, 0.3) is 0 Å². The first-order chi connectivity index (χ1) is 10.6. The molecule has 1 amide bonds. The van der Waals surface area contributed by atoms with Crippen molar-refractivity contribution in [2.45, 2.75) is 24.4 Å². The highest BCUT2D eigenvalue weighted by molar-refractivity contribution is 7.99. The molecule has 0 saturated heterocycles. The molecule has 1 aromatic heterocycles. The number of carbonyl (C=O) groups excluding carboxylic acids is 1. The van der Waals surface area contributed by atoms with E-state index in [-0.39, 0.29) is 23.8 Å². The van der Waals surface area contributed by atoms with Gasteiger partial charge in [0.15, 0.2) is 5.16 Å². The summed E-state index contributed by atoms with van der Waals surface area (Å²) in [7, 11) is 0. The third kappa shape index (κ3) is 2.89. The zero-order valence-electron chi connectivity index (χ0n) is 11.9. The summed E-state index contributed by atoms with van der Waals surface area (Å²) in [6.45, 7) is 1.97. The average Bonchev–Trinajstić information content (AvgIpc) is 2.47. The summed E-state index contributed by atoms with van der Waals surface area (Å²) in [6, 6.07) is 7.19. The summed E-state index contributed by atoms with van der Waals surface area (Å²) in [6.07, 6.45) is 0.222. The SMILES string of the molecule is CCSc1nc2c(c(=O)[nH]1)[C@@H](c1ccc(Cl)cc1)CC(=O)N2. The molecule has 0 spiro atoms. The highest BCUT2D eigenvalue weighted by atomic mass is 35.5. The number of aromatic amines is 1. The Morgan fingerprint density at radius 1 is 1.32 bits per heavy atom. The predicted octanol–water partition coefficient (Wildman–Crippen LogP) is 3.01. The van der Waals surface area contributed by atoms with Crippen LogP contribution < -0.4 is 10.9 Å². The molecule has 1 aromatic carbocycles. The Bertz CT molecular complexity index is 773. The zero-order chi connectivity index (χ0) is 15.7. The molecule has 0 saturated carbocycles. The first-order valence-electron chi connectivity index (χ1n) is 6.90. The number of rotatable bonds is 3. The Kier molecular flexibility index (Phi) is 4.22. The third-order valence-electron chi connectivity index (χ3n) is 3.48. The standard InChI is InChI=1S/C15H14ClN3O2S/c1-2-22-15-18-13-12(14(21)19-15)10(7-11(20)17-13)8-3-5-9(16)6-4-8/h3-6,10H,2,7H2,1H3,(H2,17,18,19,20,21)/t10-/m1/s1. The van der Waals surface area contributed by atoms with Crippen molar-refractivity contribution in [2.24, 2.45) is 0 Å². The lowest BCUT2D eigenvalue weighted by molar-refractivity contribution is -0.116. The van der Waals surface area contributed by atoms with Gasteiger partial charge in [-0.15, -0.1) is 0 Å². The van der Waals surface area contributed by atoms with Crippen molar-refractivity contribution < 1.29 is 4.79 Å². The van der Waals surface area contributed by atoms with Crippen molar-refractivity contribution >= 4 is 35.1 Å². The van der Waals surface area contributed by atoms with Crippen molar-refractivity contribution in [1.82, 2.24) is 9.97 Å². The molecule has 2 aromatic rings. The van der Waals surface area contributed by atoms with Gasteiger partial charge in [-0.05, 0) is 23.4 Å². The fourth-order valence-corrected chi connectivity index (χ4v) is 3.26. The lowest BCUT2D eigenvalue weighted by Crippen LogP contribution is -2.31. The number of anilines is 1. The number of aromatic nitrogens is 2. The molecule has 0 unspecified atom stereocenters. The van der Waals surface area contributed by atoms with Gasteiger partial charge in [-0.25, -0.2) is 4.98 Å². The maximum Gasteiger partial charge on any atom is 0.257 e. The molecule has 7 heteroatoms. The number of H-pyrrole nitrogens is 1. The summed E-state index contributed by atoms with van der Waals surface area (Å²) in [5, 5.41) is 3.83. The van der Waals surface area contributed by atoms with Gasteiger partial charge in [0, 0.05) is 17.4 Å². The number of thioether (sulfide) groups is 1. The van der Waals surface area contributed by atoms with Crippen molar-refractivity contribution in [3.8, 4) is 0 Å². The second-order valence-corrected chi connectivity index (χ2v) is 6.61. The van der Waals surface area contributed by atoms with Crippen LogP contribution in [0.5, 0.6) is 0 Å². The molecule has 0 aliphatic carbocycles. The van der Waals surface area contributed by atoms with Gasteiger partial charge in [-0.1, -0.05) is 42.4 Å². The predicted molar refractivity (Wildman–Crippen MR) is 87.8 cm³/mol. The summed E-state index contributed by atoms with van der Waals surface area (Å²) in [5.41, 5.74) is 1.17. The number of halogens is 1. The summed E-state index contributed by atoms with van der Waals surface area (Å²) < 4.78 is 0. The van der Waals surface area contributed by atoms with Gasteiger partial charge in [-0.3, -0.25) is 9.59 Å². The van der Waals surface area contributed by atoms with E-state index in [0.29, 0.717) is 21.6 Å². The first-order valence-corrected chi connectivity index (χ1v) is 8.27. The smallest absolute Gasteiger partial charge is 0.257 e. The van der Waals surface area contributed by atoms with Crippen LogP contribution in [0.4, 0.5) is 5.82 Å². The number of benzene rings is 1. The molecule has 3 rings (SSSR count). The van der Waals surface area contributed by atoms with Crippen LogP contribution in [-0.4, -0.2) is 21.6 Å². The monoisotopic (exact) mass is 335 g/mol. The summed E-state index contributed by atoms with van der Waals surface area (Å²) >= 11 is 7.33. The quantitative estimate of drug-likeness (QED) is 0.668. The number of amides is 1. The Hall–Kier alpha value is -1.79. The van der Waals surface area contributed by atoms with Gasteiger partial charge in [0.25, 0.3) is 5.56 Å². The van der Waals surface area contributed by atoms with Crippen LogP contribution in [0.15, 0.2) is 34.2 Å². The molecule has 5 nitrogen and oxygen atoms in total. The zero-order valence-corrected chi connectivity index (χ0v) is 13.4. The van der Waals surface area contributed by atoms with E-state index >= 15 is 0 Å². The maximum atomic E-state index is 12.4. The highest BCUT2D eigenvalue weighted by Gasteiger charge is 2.30. The van der Waals surface area contributed by atoms with E-state index in [2.05, 4.69) is 15.3 Å². The molecule has 0 bridgehead atoms. The topological polar surface area (TPSA) is 74.8 Å². The lowest BCUT2D eigenvalue weighted by atomic mass is 9.87. The van der Waals surface area contributed by atoms with E-state index in [1.165, 1.54) is 11.8 Å². The van der Waals surface area contributed by atoms with Crippen LogP contribution in [0.2, 0.25) is 5.02 Å². The molecule has 1 aliphatic heterocycles. The number of carbonyl (C=O) groups is 1. The summed E-state index contributed by atoms with van der Waals surface area (Å²) in [4.78, 5) is 31.5. The Morgan fingerprint density at radius 3 is 2.73 bits per heavy atom. The van der Waals surface area contributed by atoms with Gasteiger partial charge in [0.05, 0.1) is 5.56 Å². The minimum atomic E-state index is -0.307. The van der Waals surface area contributed by atoms with Gasteiger partial charge < -0.3 is 10.3 Å². The highest BCUT2D eigenvalue weighted by Crippen LogP contribution is 2.34. The molecule has 114 valence electrons. The molecule has 0 fully saturated rings. The third-order valence-corrected chi connectivity index (χ3v) is 4.49. The fourth-order valence-electron chi connectivity index (χ4n) is 2.54. The van der Waals surface area contributed by atoms with E-state index < -0.39 is 0 Å². The minimum Gasteiger partial charge on any atom is -0.310 e. The number of nitrogens with zero attached hydrogens (tertiary/aromatic N) is 1. The van der Waals surface area contributed by atoms with Crippen LogP contribution in [-0.2, 0) is 4.79 Å². The van der Waals surface area contributed by atoms with Crippen LogP contribution in [0.3, 0.4) is 0 Å². The van der Waals surface area contributed by atoms with Gasteiger partial charge in [-0.2, -0.15) is 0 Å². The second-order valence-electron chi connectivity index (χ2n) is 4.92. The van der Waals surface area contributed by atoms with Crippen molar-refractivity contribution in [2.75, 3.05) is 11.1 Å². The lowest BCUT2D eigenvalue weighted by Gasteiger charge is -2.24. The Balaban J connectivity index is 2.11. The van der Waals surface area contributed by atoms with Crippen molar-refractivity contribution in [3.05, 3.63) is 50.8 Å². The largest absolute Gasteiger partial charge is 0.310 e. The number of nitrogens with one attached hydrogen (secondary N) is 2. The minimum absolute atomic E-state index is 0.141. The van der Waals surface area contributed by atoms with Crippen LogP contribution >= 0.6 is 23.4 Å². The number of hydrogen-bond donors (Lipinski definition) is 2. The van der Waals surface area contributed by atoms with E-state index in [9.17, 15) is 9.59 Å². The normalized spacial score (nSPS) is 17.0. The first kappa shape index (κ1) is 15.1. The molecule has 2 N–H and O–H groups in total. The van der Waals surface area contributed by atoms with Gasteiger partial charge >= 0.3 is 0 Å². The van der Waals surface area contributed by atoms with E-state index in [1.54, 1.807) is 12.1 Å².